The van der Waals surface area contributed by atoms with Crippen LogP contribution in [0.4, 0.5) is 4.79 Å². The third kappa shape index (κ3) is 5.14. The molecule has 0 aliphatic carbocycles. The van der Waals surface area contributed by atoms with Crippen molar-refractivity contribution < 1.29 is 17.9 Å². The van der Waals surface area contributed by atoms with Crippen LogP contribution < -0.4 is 0 Å². The minimum atomic E-state index is -3.42. The Morgan fingerprint density at radius 3 is 2.46 bits per heavy atom. The Hall–Kier alpha value is -1.25. The molecule has 0 saturated carbocycles. The highest BCUT2D eigenvalue weighted by Gasteiger charge is 2.26. The maximum absolute atomic E-state index is 12.5. The van der Waals surface area contributed by atoms with Crippen molar-refractivity contribution in [2.75, 3.05) is 32.8 Å². The van der Waals surface area contributed by atoms with Gasteiger partial charge in [-0.25, -0.2) is 13.2 Å². The molecule has 6 nitrogen and oxygen atoms in total. The van der Waals surface area contributed by atoms with Gasteiger partial charge in [0.2, 0.25) is 10.0 Å². The van der Waals surface area contributed by atoms with Crippen LogP contribution in [0.5, 0.6) is 0 Å². The minimum Gasteiger partial charge on any atom is -0.450 e. The standard InChI is InChI=1S/C18H28N2O4S2/c1-4-20(5-2)26(22,23)17-11-9-15(10-12-17)25-16-8-7-13-19(14-16)18(21)24-6-3/h9-12,16H,4-8,13-14H2,1-3H3. The molecule has 0 bridgehead atoms. The van der Waals surface area contributed by atoms with Gasteiger partial charge in [0.25, 0.3) is 0 Å². The van der Waals surface area contributed by atoms with Gasteiger partial charge in [-0.3, -0.25) is 0 Å². The zero-order chi connectivity index (χ0) is 19.2. The molecular weight excluding hydrogens is 372 g/mol. The predicted molar refractivity (Wildman–Crippen MR) is 104 cm³/mol. The average Bonchev–Trinajstić information content (AvgIpc) is 2.63. The molecule has 0 N–H and O–H groups in total. The Balaban J connectivity index is 2.02. The summed E-state index contributed by atoms with van der Waals surface area (Å²) in [4.78, 5) is 15.0. The van der Waals surface area contributed by atoms with Gasteiger partial charge in [0, 0.05) is 36.3 Å². The van der Waals surface area contributed by atoms with E-state index >= 15 is 0 Å². The van der Waals surface area contributed by atoms with E-state index in [9.17, 15) is 13.2 Å². The molecule has 0 radical (unpaired) electrons. The van der Waals surface area contributed by atoms with Gasteiger partial charge in [-0.1, -0.05) is 13.8 Å². The van der Waals surface area contributed by atoms with E-state index in [0.29, 0.717) is 36.4 Å². The number of carbonyl (C=O) groups excluding carboxylic acids is 1. The van der Waals surface area contributed by atoms with Crippen LogP contribution in [-0.2, 0) is 14.8 Å². The summed E-state index contributed by atoms with van der Waals surface area (Å²) in [6.45, 7) is 8.17. The highest BCUT2D eigenvalue weighted by Crippen LogP contribution is 2.30. The van der Waals surface area contributed by atoms with Gasteiger partial charge in [0.05, 0.1) is 11.5 Å². The number of rotatable bonds is 7. The van der Waals surface area contributed by atoms with Crippen LogP contribution in [0.15, 0.2) is 34.1 Å². The van der Waals surface area contributed by atoms with Crippen molar-refractivity contribution >= 4 is 27.9 Å². The zero-order valence-corrected chi connectivity index (χ0v) is 17.3. The quantitative estimate of drug-likeness (QED) is 0.701. The molecule has 1 heterocycles. The molecule has 1 aromatic rings. The lowest BCUT2D eigenvalue weighted by Gasteiger charge is -2.31. The van der Waals surface area contributed by atoms with Crippen molar-refractivity contribution in [1.82, 2.24) is 9.21 Å². The number of hydrogen-bond acceptors (Lipinski definition) is 5. The monoisotopic (exact) mass is 400 g/mol. The first kappa shape index (κ1) is 21.1. The fourth-order valence-electron chi connectivity index (χ4n) is 3.01. The van der Waals surface area contributed by atoms with Crippen LogP contribution >= 0.6 is 11.8 Å². The molecule has 1 amide bonds. The lowest BCUT2D eigenvalue weighted by Crippen LogP contribution is -2.41. The van der Waals surface area contributed by atoms with Crippen molar-refractivity contribution in [3.8, 4) is 0 Å². The number of hydrogen-bond donors (Lipinski definition) is 0. The molecule has 0 aromatic heterocycles. The maximum atomic E-state index is 12.5. The Bertz CT molecular complexity index is 688. The summed E-state index contributed by atoms with van der Waals surface area (Å²) in [5, 5.41) is 0.290. The van der Waals surface area contributed by atoms with Gasteiger partial charge in [0.15, 0.2) is 0 Å². The molecule has 1 fully saturated rings. The first-order valence-corrected chi connectivity index (χ1v) is 11.4. The van der Waals surface area contributed by atoms with E-state index in [0.717, 1.165) is 24.3 Å². The largest absolute Gasteiger partial charge is 0.450 e. The van der Waals surface area contributed by atoms with Crippen LogP contribution in [0.1, 0.15) is 33.6 Å². The summed E-state index contributed by atoms with van der Waals surface area (Å²) in [6, 6.07) is 7.04. The van der Waals surface area contributed by atoms with Gasteiger partial charge >= 0.3 is 6.09 Å². The molecule has 1 aliphatic heterocycles. The first-order chi connectivity index (χ1) is 12.4. The van der Waals surface area contributed by atoms with Gasteiger partial charge in [-0.15, -0.1) is 11.8 Å². The molecule has 1 aliphatic rings. The third-order valence-electron chi connectivity index (χ3n) is 4.37. The van der Waals surface area contributed by atoms with Crippen molar-refractivity contribution in [1.29, 1.82) is 0 Å². The zero-order valence-electron chi connectivity index (χ0n) is 15.7. The molecular formula is C18H28N2O4S2. The predicted octanol–water partition coefficient (Wildman–Crippen LogP) is 3.43. The molecule has 146 valence electrons. The van der Waals surface area contributed by atoms with Gasteiger partial charge < -0.3 is 9.64 Å². The molecule has 2 rings (SSSR count). The SMILES string of the molecule is CCOC(=O)N1CCCC(Sc2ccc(S(=O)(=O)N(CC)CC)cc2)C1. The highest BCUT2D eigenvalue weighted by molar-refractivity contribution is 8.00. The topological polar surface area (TPSA) is 66.9 Å². The van der Waals surface area contributed by atoms with Crippen LogP contribution in [-0.4, -0.2) is 61.8 Å². The lowest BCUT2D eigenvalue weighted by molar-refractivity contribution is 0.101. The number of benzene rings is 1. The van der Waals surface area contributed by atoms with E-state index in [4.69, 9.17) is 4.74 Å². The molecule has 26 heavy (non-hydrogen) atoms. The summed E-state index contributed by atoms with van der Waals surface area (Å²) < 4.78 is 31.6. The van der Waals surface area contributed by atoms with E-state index in [-0.39, 0.29) is 6.09 Å². The van der Waals surface area contributed by atoms with Crippen molar-refractivity contribution in [3.63, 3.8) is 0 Å². The van der Waals surface area contributed by atoms with E-state index in [1.165, 1.54) is 4.31 Å². The number of likely N-dealkylation sites (tertiary alicyclic amines) is 1. The maximum Gasteiger partial charge on any atom is 0.409 e. The normalized spacial score (nSPS) is 18.2. The Morgan fingerprint density at radius 2 is 1.88 bits per heavy atom. The number of amides is 1. The molecule has 1 saturated heterocycles. The number of ether oxygens (including phenoxy) is 1. The van der Waals surface area contributed by atoms with Crippen molar-refractivity contribution in [2.24, 2.45) is 0 Å². The minimum absolute atomic E-state index is 0.251. The average molecular weight is 401 g/mol. The number of sulfonamides is 1. The van der Waals surface area contributed by atoms with Crippen molar-refractivity contribution in [3.05, 3.63) is 24.3 Å². The lowest BCUT2D eigenvalue weighted by atomic mass is 10.1. The van der Waals surface area contributed by atoms with Crippen LogP contribution in [0.2, 0.25) is 0 Å². The van der Waals surface area contributed by atoms with Crippen LogP contribution in [0.25, 0.3) is 0 Å². The second-order valence-electron chi connectivity index (χ2n) is 6.09. The first-order valence-electron chi connectivity index (χ1n) is 9.10. The Morgan fingerprint density at radius 1 is 1.23 bits per heavy atom. The molecule has 1 aromatic carbocycles. The highest BCUT2D eigenvalue weighted by atomic mass is 32.2. The summed E-state index contributed by atoms with van der Waals surface area (Å²) in [5.74, 6) is 0. The molecule has 1 unspecified atom stereocenters. The number of nitrogens with zero attached hydrogens (tertiary/aromatic N) is 2. The molecule has 8 heteroatoms. The van der Waals surface area contributed by atoms with Gasteiger partial charge in [0.1, 0.15) is 0 Å². The molecule has 1 atom stereocenters. The number of thioether (sulfide) groups is 1. The van der Waals surface area contributed by atoms with Gasteiger partial charge in [-0.05, 0) is 44.0 Å². The summed E-state index contributed by atoms with van der Waals surface area (Å²) in [7, 11) is -3.42. The van der Waals surface area contributed by atoms with E-state index < -0.39 is 10.0 Å². The fourth-order valence-corrected chi connectivity index (χ4v) is 5.69. The van der Waals surface area contributed by atoms with Crippen molar-refractivity contribution in [2.45, 2.75) is 48.7 Å². The van der Waals surface area contributed by atoms with Gasteiger partial charge in [-0.2, -0.15) is 4.31 Å². The van der Waals surface area contributed by atoms with E-state index in [1.54, 1.807) is 28.8 Å². The second kappa shape index (κ2) is 9.62. The fraction of sp³-hybridized carbons (Fsp3) is 0.611. The molecule has 0 spiro atoms. The summed E-state index contributed by atoms with van der Waals surface area (Å²) in [5.41, 5.74) is 0. The van der Waals surface area contributed by atoms with Crippen LogP contribution in [0, 0.1) is 0 Å². The Kier molecular flexibility index (Phi) is 7.79. The van der Waals surface area contributed by atoms with Crippen LogP contribution in [0.3, 0.4) is 0 Å². The number of carbonyl (C=O) groups is 1. The summed E-state index contributed by atoms with van der Waals surface area (Å²) >= 11 is 1.69. The van der Waals surface area contributed by atoms with E-state index in [2.05, 4.69) is 0 Å². The second-order valence-corrected chi connectivity index (χ2v) is 9.40. The number of piperidine rings is 1. The summed E-state index contributed by atoms with van der Waals surface area (Å²) in [6.07, 6.45) is 1.73. The smallest absolute Gasteiger partial charge is 0.409 e. The Labute approximate surface area is 160 Å². The van der Waals surface area contributed by atoms with E-state index in [1.807, 2.05) is 32.9 Å². The third-order valence-corrected chi connectivity index (χ3v) is 7.70.